The summed E-state index contributed by atoms with van der Waals surface area (Å²) in [4.78, 5) is 25.6. The maximum atomic E-state index is 12.9. The second kappa shape index (κ2) is 6.70. The van der Waals surface area contributed by atoms with E-state index in [4.69, 9.17) is 13.9 Å². The monoisotopic (exact) mass is 390 g/mol. The Morgan fingerprint density at radius 2 is 2.07 bits per heavy atom. The zero-order chi connectivity index (χ0) is 20.3. The summed E-state index contributed by atoms with van der Waals surface area (Å²) in [5.74, 6) is -0.930. The molecule has 6 heteroatoms. The van der Waals surface area contributed by atoms with Crippen LogP contribution in [0.3, 0.4) is 0 Å². The van der Waals surface area contributed by atoms with Gasteiger partial charge >= 0.3 is 5.97 Å². The van der Waals surface area contributed by atoms with Crippen molar-refractivity contribution < 1.29 is 28.6 Å². The number of methoxy groups -OCH3 is 1. The number of esters is 1. The van der Waals surface area contributed by atoms with E-state index in [2.05, 4.69) is 6.92 Å². The lowest BCUT2D eigenvalue weighted by molar-refractivity contribution is -0.235. The number of hydrogen-bond acceptors (Lipinski definition) is 6. The summed E-state index contributed by atoms with van der Waals surface area (Å²) < 4.78 is 16.6. The number of rotatable bonds is 3. The van der Waals surface area contributed by atoms with E-state index in [-0.39, 0.29) is 47.1 Å². The molecule has 28 heavy (non-hydrogen) atoms. The summed E-state index contributed by atoms with van der Waals surface area (Å²) in [6.07, 6.45) is 4.45. The molecule has 0 spiro atoms. The third-order valence-electron chi connectivity index (χ3n) is 8.13. The Kier molecular flexibility index (Phi) is 4.70. The molecule has 1 aromatic heterocycles. The van der Waals surface area contributed by atoms with Crippen molar-refractivity contribution in [2.45, 2.75) is 64.8 Å². The number of ether oxygens (including phenoxy) is 2. The van der Waals surface area contributed by atoms with Gasteiger partial charge in [0, 0.05) is 18.1 Å². The molecule has 2 saturated carbocycles. The number of carbonyl (C=O) groups is 2. The number of hydrogen-bond donors (Lipinski definition) is 1. The zero-order valence-corrected chi connectivity index (χ0v) is 17.0. The highest BCUT2D eigenvalue weighted by atomic mass is 16.5. The molecule has 1 aromatic rings. The molecule has 0 aromatic carbocycles. The molecule has 8 atom stereocenters. The molecule has 0 bridgehead atoms. The van der Waals surface area contributed by atoms with Gasteiger partial charge in [-0.1, -0.05) is 13.8 Å². The van der Waals surface area contributed by atoms with Crippen LogP contribution in [0.2, 0.25) is 0 Å². The lowest BCUT2D eigenvalue weighted by atomic mass is 9.42. The standard InChI is InChI=1S/C22H30O6/c1-12(23)19-15(26-4)5-6-17-21(2)10-16(13-7-8-27-11-13)28-20(25)14(21)9-18(24)22(17,19)3/h7-8,11,14-19,24H,5-6,9-10H2,1-4H3/t14?,15?,16?,17-,18?,19?,21+,22-/m0/s1. The van der Waals surface area contributed by atoms with Crippen LogP contribution in [-0.4, -0.2) is 36.2 Å². The molecule has 0 amide bonds. The highest BCUT2D eigenvalue weighted by Crippen LogP contribution is 2.66. The van der Waals surface area contributed by atoms with E-state index in [0.29, 0.717) is 12.8 Å². The summed E-state index contributed by atoms with van der Waals surface area (Å²) in [6, 6.07) is 1.83. The van der Waals surface area contributed by atoms with Crippen molar-refractivity contribution in [3.8, 4) is 0 Å². The number of carbonyl (C=O) groups excluding carboxylic acids is 2. The number of Topliss-reactive ketones (excluding diaryl/α,β-unsaturated/α-hetero) is 1. The average molecular weight is 390 g/mol. The Labute approximate surface area is 165 Å². The van der Waals surface area contributed by atoms with Gasteiger partial charge in [0.2, 0.25) is 0 Å². The average Bonchev–Trinajstić information content (AvgIpc) is 3.17. The molecule has 3 aliphatic rings. The minimum Gasteiger partial charge on any atom is -0.472 e. The van der Waals surface area contributed by atoms with Gasteiger partial charge in [0.05, 0.1) is 36.6 Å². The Morgan fingerprint density at radius 1 is 1.32 bits per heavy atom. The van der Waals surface area contributed by atoms with E-state index in [1.807, 2.05) is 13.0 Å². The number of aliphatic hydroxyl groups excluding tert-OH is 1. The predicted octanol–water partition coefficient (Wildman–Crippen LogP) is 3.29. The molecule has 3 fully saturated rings. The van der Waals surface area contributed by atoms with Gasteiger partial charge < -0.3 is 19.0 Å². The Morgan fingerprint density at radius 3 is 2.68 bits per heavy atom. The predicted molar refractivity (Wildman–Crippen MR) is 100 cm³/mol. The molecule has 1 aliphatic heterocycles. The fourth-order valence-corrected chi connectivity index (χ4v) is 6.81. The number of ketones is 1. The lowest BCUT2D eigenvalue weighted by Crippen LogP contribution is -2.66. The van der Waals surface area contributed by atoms with Crippen LogP contribution in [0.5, 0.6) is 0 Å². The van der Waals surface area contributed by atoms with E-state index >= 15 is 0 Å². The van der Waals surface area contributed by atoms with Crippen molar-refractivity contribution in [1.82, 2.24) is 0 Å². The molecule has 2 heterocycles. The van der Waals surface area contributed by atoms with Crippen molar-refractivity contribution >= 4 is 11.8 Å². The molecule has 4 rings (SSSR count). The van der Waals surface area contributed by atoms with Gasteiger partial charge in [-0.05, 0) is 50.0 Å². The van der Waals surface area contributed by atoms with Gasteiger partial charge in [-0.25, -0.2) is 0 Å². The summed E-state index contributed by atoms with van der Waals surface area (Å²) in [5.41, 5.74) is -0.138. The molecular formula is C22H30O6. The van der Waals surface area contributed by atoms with Crippen molar-refractivity contribution in [2.24, 2.45) is 28.6 Å². The minimum absolute atomic E-state index is 0.0244. The fourth-order valence-electron chi connectivity index (χ4n) is 6.81. The third kappa shape index (κ3) is 2.61. The molecule has 5 unspecified atom stereocenters. The lowest BCUT2D eigenvalue weighted by Gasteiger charge is -2.64. The van der Waals surface area contributed by atoms with Crippen LogP contribution >= 0.6 is 0 Å². The molecular weight excluding hydrogens is 360 g/mol. The molecule has 0 radical (unpaired) electrons. The third-order valence-corrected chi connectivity index (χ3v) is 8.13. The second-order valence-electron chi connectivity index (χ2n) is 9.35. The van der Waals surface area contributed by atoms with Crippen LogP contribution < -0.4 is 0 Å². The maximum Gasteiger partial charge on any atom is 0.310 e. The van der Waals surface area contributed by atoms with E-state index in [1.165, 1.54) is 0 Å². The van der Waals surface area contributed by atoms with Crippen LogP contribution in [0, 0.1) is 28.6 Å². The van der Waals surface area contributed by atoms with Gasteiger partial charge in [-0.15, -0.1) is 0 Å². The van der Waals surface area contributed by atoms with Crippen LogP contribution in [0.15, 0.2) is 23.0 Å². The summed E-state index contributed by atoms with van der Waals surface area (Å²) >= 11 is 0. The highest BCUT2D eigenvalue weighted by molar-refractivity contribution is 5.81. The quantitative estimate of drug-likeness (QED) is 0.797. The van der Waals surface area contributed by atoms with Crippen LogP contribution in [-0.2, 0) is 19.1 Å². The van der Waals surface area contributed by atoms with Gasteiger partial charge in [0.25, 0.3) is 0 Å². The number of furan rings is 1. The van der Waals surface area contributed by atoms with Crippen molar-refractivity contribution in [2.75, 3.05) is 7.11 Å². The first kappa shape index (κ1) is 19.6. The topological polar surface area (TPSA) is 86.0 Å². The normalized spacial score (nSPS) is 45.7. The summed E-state index contributed by atoms with van der Waals surface area (Å²) in [7, 11) is 1.64. The molecule has 154 valence electrons. The fraction of sp³-hybridized carbons (Fsp3) is 0.727. The van der Waals surface area contributed by atoms with Gasteiger partial charge in [-0.3, -0.25) is 9.59 Å². The van der Waals surface area contributed by atoms with E-state index < -0.39 is 11.5 Å². The summed E-state index contributed by atoms with van der Waals surface area (Å²) in [6.45, 7) is 5.76. The van der Waals surface area contributed by atoms with Crippen LogP contribution in [0.1, 0.15) is 58.1 Å². The SMILES string of the molecule is COC1CC[C@@H]2[C@@](C)(C(O)CC3C(=O)OC(c4ccoc4)C[C@]32C)C1C(C)=O. The smallest absolute Gasteiger partial charge is 0.310 e. The first-order valence-electron chi connectivity index (χ1n) is 10.2. The Balaban J connectivity index is 1.77. The minimum atomic E-state index is -0.750. The Hall–Kier alpha value is -1.66. The Bertz CT molecular complexity index is 757. The van der Waals surface area contributed by atoms with E-state index in [1.54, 1.807) is 26.6 Å². The van der Waals surface area contributed by atoms with Crippen LogP contribution in [0.25, 0.3) is 0 Å². The number of fused-ring (bicyclic) bond motifs is 3. The van der Waals surface area contributed by atoms with Crippen molar-refractivity contribution in [3.05, 3.63) is 24.2 Å². The highest BCUT2D eigenvalue weighted by Gasteiger charge is 2.67. The molecule has 1 saturated heterocycles. The van der Waals surface area contributed by atoms with Crippen LogP contribution in [0.4, 0.5) is 0 Å². The first-order chi connectivity index (χ1) is 13.2. The molecule has 6 nitrogen and oxygen atoms in total. The van der Waals surface area contributed by atoms with E-state index in [9.17, 15) is 14.7 Å². The first-order valence-corrected chi connectivity index (χ1v) is 10.2. The van der Waals surface area contributed by atoms with Crippen molar-refractivity contribution in [3.63, 3.8) is 0 Å². The molecule has 1 N–H and O–H groups in total. The summed E-state index contributed by atoms with van der Waals surface area (Å²) in [5, 5.41) is 11.2. The van der Waals surface area contributed by atoms with E-state index in [0.717, 1.165) is 18.4 Å². The largest absolute Gasteiger partial charge is 0.472 e. The van der Waals surface area contributed by atoms with Gasteiger partial charge in [0.15, 0.2) is 0 Å². The van der Waals surface area contributed by atoms with Gasteiger partial charge in [0.1, 0.15) is 11.9 Å². The van der Waals surface area contributed by atoms with Gasteiger partial charge in [-0.2, -0.15) is 0 Å². The number of cyclic esters (lactones) is 1. The number of aliphatic hydroxyl groups is 1. The molecule has 2 aliphatic carbocycles. The maximum absolute atomic E-state index is 12.9. The van der Waals surface area contributed by atoms with Crippen molar-refractivity contribution in [1.29, 1.82) is 0 Å². The zero-order valence-electron chi connectivity index (χ0n) is 17.0. The second-order valence-corrected chi connectivity index (χ2v) is 9.35.